The fourth-order valence-corrected chi connectivity index (χ4v) is 3.16. The normalized spacial score (nSPS) is 22.3. The van der Waals surface area contributed by atoms with Crippen LogP contribution in [0.3, 0.4) is 0 Å². The summed E-state index contributed by atoms with van der Waals surface area (Å²) in [6.07, 6.45) is 2.15. The molecular weight excluding hydrogens is 298 g/mol. The first-order chi connectivity index (χ1) is 11.0. The minimum absolute atomic E-state index is 0.00545. The molecule has 0 aliphatic carbocycles. The Morgan fingerprint density at radius 3 is 2.04 bits per heavy atom. The predicted octanol–water partition coefficient (Wildman–Crippen LogP) is 3.12. The molecule has 3 nitrogen and oxygen atoms in total. The number of hydrogen-bond donors (Lipinski definition) is 1. The molecule has 3 heteroatoms. The van der Waals surface area contributed by atoms with Gasteiger partial charge in [-0.15, -0.1) is 0 Å². The lowest BCUT2D eigenvalue weighted by molar-refractivity contribution is -0.888. The molecule has 0 radical (unpaired) electrons. The van der Waals surface area contributed by atoms with Crippen LogP contribution in [0.5, 0.6) is 0 Å². The third-order valence-electron chi connectivity index (χ3n) is 4.88. The summed E-state index contributed by atoms with van der Waals surface area (Å²) in [5, 5.41) is 0. The van der Waals surface area contributed by atoms with E-state index in [0.29, 0.717) is 5.56 Å². The number of carbonyl (C=O) groups excluding carboxylic acids is 1. The molecule has 1 fully saturated rings. The third kappa shape index (κ3) is 4.83. The van der Waals surface area contributed by atoms with Gasteiger partial charge in [-0.05, 0) is 40.5 Å². The van der Waals surface area contributed by atoms with Gasteiger partial charge in [-0.3, -0.25) is 0 Å². The van der Waals surface area contributed by atoms with Gasteiger partial charge >= 0.3 is 5.97 Å². The number of rotatable bonds is 2. The minimum atomic E-state index is -0.175. The Morgan fingerprint density at radius 1 is 1.04 bits per heavy atom. The van der Waals surface area contributed by atoms with Gasteiger partial charge < -0.3 is 9.64 Å². The van der Waals surface area contributed by atoms with E-state index in [0.717, 1.165) is 19.4 Å². The molecule has 0 amide bonds. The Bertz CT molecular complexity index is 561. The van der Waals surface area contributed by atoms with E-state index in [1.807, 2.05) is 12.1 Å². The van der Waals surface area contributed by atoms with Crippen LogP contribution in [0.4, 0.5) is 0 Å². The molecule has 1 N–H and O–H groups in total. The molecule has 0 saturated carbocycles. The largest absolute Gasteiger partial charge is 0.453 e. The number of nitrogens with one attached hydrogen (secondary N) is 1. The zero-order valence-corrected chi connectivity index (χ0v) is 16.5. The van der Waals surface area contributed by atoms with Gasteiger partial charge in [0.05, 0.1) is 19.2 Å². The van der Waals surface area contributed by atoms with Gasteiger partial charge in [0.2, 0.25) is 0 Å². The number of likely N-dealkylation sites (tertiary alicyclic amines) is 1. The molecule has 1 aromatic carbocycles. The molecule has 2 unspecified atom stereocenters. The highest BCUT2D eigenvalue weighted by atomic mass is 16.5. The van der Waals surface area contributed by atoms with Crippen molar-refractivity contribution in [2.75, 3.05) is 20.1 Å². The van der Waals surface area contributed by atoms with E-state index in [4.69, 9.17) is 4.74 Å². The Hall–Kier alpha value is -1.35. The van der Waals surface area contributed by atoms with E-state index in [9.17, 15) is 4.79 Å². The molecular formula is C21H34NO2+. The van der Waals surface area contributed by atoms with E-state index in [1.54, 1.807) is 0 Å². The van der Waals surface area contributed by atoms with Crippen LogP contribution < -0.4 is 4.90 Å². The van der Waals surface area contributed by atoms with Crippen LogP contribution in [-0.4, -0.2) is 32.2 Å². The maximum atomic E-state index is 12.7. The monoisotopic (exact) mass is 332 g/mol. The number of hydrogen-bond acceptors (Lipinski definition) is 2. The molecule has 1 saturated heterocycles. The first kappa shape index (κ1) is 19.0. The summed E-state index contributed by atoms with van der Waals surface area (Å²) in [6, 6.07) is 6.25. The maximum Gasteiger partial charge on any atom is 0.338 e. The van der Waals surface area contributed by atoms with Crippen molar-refractivity contribution >= 4 is 5.97 Å². The summed E-state index contributed by atoms with van der Waals surface area (Å²) in [5.41, 5.74) is 3.08. The Balaban J connectivity index is 2.29. The molecule has 24 heavy (non-hydrogen) atoms. The van der Waals surface area contributed by atoms with Gasteiger partial charge in [-0.1, -0.05) is 47.6 Å². The van der Waals surface area contributed by atoms with Gasteiger partial charge in [0.1, 0.15) is 6.54 Å². The van der Waals surface area contributed by atoms with Crippen LogP contribution in [0.25, 0.3) is 0 Å². The summed E-state index contributed by atoms with van der Waals surface area (Å²) in [5.74, 6) is -0.175. The topological polar surface area (TPSA) is 30.7 Å². The van der Waals surface area contributed by atoms with Crippen LogP contribution in [0.1, 0.15) is 75.9 Å². The SMILES string of the molecule is C[NH+]1CCCC(OC(=O)c2cc(C(C)(C)C)cc(C(C)(C)C)c2)C1. The van der Waals surface area contributed by atoms with Crippen molar-refractivity contribution in [3.63, 3.8) is 0 Å². The number of quaternary nitrogens is 1. The first-order valence-corrected chi connectivity index (χ1v) is 9.15. The first-order valence-electron chi connectivity index (χ1n) is 9.15. The lowest BCUT2D eigenvalue weighted by Crippen LogP contribution is -3.11. The summed E-state index contributed by atoms with van der Waals surface area (Å²) >= 11 is 0. The van der Waals surface area contributed by atoms with Crippen LogP contribution in [0, 0.1) is 0 Å². The molecule has 134 valence electrons. The zero-order chi connectivity index (χ0) is 18.1. The van der Waals surface area contributed by atoms with Crippen LogP contribution in [0.2, 0.25) is 0 Å². The van der Waals surface area contributed by atoms with E-state index in [-0.39, 0.29) is 22.9 Å². The van der Waals surface area contributed by atoms with Crippen LogP contribution in [-0.2, 0) is 15.6 Å². The Labute approximate surface area is 147 Å². The fraction of sp³-hybridized carbons (Fsp3) is 0.667. The number of likely N-dealkylation sites (N-methyl/N-ethyl adjacent to an activating group) is 1. The molecule has 1 aliphatic heterocycles. The maximum absolute atomic E-state index is 12.7. The van der Waals surface area contributed by atoms with Crippen molar-refractivity contribution in [3.8, 4) is 0 Å². The van der Waals surface area contributed by atoms with E-state index < -0.39 is 0 Å². The molecule has 1 aliphatic rings. The van der Waals surface area contributed by atoms with Gasteiger partial charge in [0.15, 0.2) is 6.10 Å². The summed E-state index contributed by atoms with van der Waals surface area (Å²) < 4.78 is 5.82. The van der Waals surface area contributed by atoms with Crippen LogP contribution in [0.15, 0.2) is 18.2 Å². The van der Waals surface area contributed by atoms with Crippen molar-refractivity contribution in [2.24, 2.45) is 0 Å². The average molecular weight is 333 g/mol. The molecule has 0 spiro atoms. The second kappa shape index (κ2) is 6.87. The smallest absolute Gasteiger partial charge is 0.338 e. The van der Waals surface area contributed by atoms with E-state index in [2.05, 4.69) is 54.7 Å². The van der Waals surface area contributed by atoms with Crippen molar-refractivity contribution < 1.29 is 14.4 Å². The Morgan fingerprint density at radius 2 is 1.58 bits per heavy atom. The van der Waals surface area contributed by atoms with Crippen molar-refractivity contribution in [2.45, 2.75) is 71.3 Å². The molecule has 1 heterocycles. The van der Waals surface area contributed by atoms with Crippen molar-refractivity contribution in [1.29, 1.82) is 0 Å². The molecule has 2 atom stereocenters. The molecule has 1 aromatic rings. The summed E-state index contributed by atoms with van der Waals surface area (Å²) in [7, 11) is 2.16. The lowest BCUT2D eigenvalue weighted by atomic mass is 9.79. The second-order valence-corrected chi connectivity index (χ2v) is 9.38. The highest BCUT2D eigenvalue weighted by molar-refractivity contribution is 5.90. The second-order valence-electron chi connectivity index (χ2n) is 9.38. The number of piperidine rings is 1. The summed E-state index contributed by atoms with van der Waals surface area (Å²) in [4.78, 5) is 14.2. The standard InChI is InChI=1S/C21H33NO2/c1-20(2,3)16-11-15(12-17(13-16)21(4,5)6)19(23)24-18-9-8-10-22(7)14-18/h11-13,18H,8-10,14H2,1-7H3/p+1. The number of carbonyl (C=O) groups is 1. The van der Waals surface area contributed by atoms with Gasteiger partial charge in [-0.2, -0.15) is 0 Å². The predicted molar refractivity (Wildman–Crippen MR) is 98.9 cm³/mol. The van der Waals surface area contributed by atoms with Crippen molar-refractivity contribution in [1.82, 2.24) is 0 Å². The van der Waals surface area contributed by atoms with E-state index in [1.165, 1.54) is 22.6 Å². The van der Waals surface area contributed by atoms with Gasteiger partial charge in [-0.25, -0.2) is 4.79 Å². The van der Waals surface area contributed by atoms with Crippen molar-refractivity contribution in [3.05, 3.63) is 34.9 Å². The third-order valence-corrected chi connectivity index (χ3v) is 4.88. The highest BCUT2D eigenvalue weighted by Crippen LogP contribution is 2.30. The van der Waals surface area contributed by atoms with Gasteiger partial charge in [0, 0.05) is 6.42 Å². The van der Waals surface area contributed by atoms with Crippen LogP contribution >= 0.6 is 0 Å². The minimum Gasteiger partial charge on any atom is -0.453 e. The molecule has 0 aromatic heterocycles. The fourth-order valence-electron chi connectivity index (χ4n) is 3.16. The number of esters is 1. The lowest BCUT2D eigenvalue weighted by Gasteiger charge is -2.28. The molecule has 0 bridgehead atoms. The molecule has 2 rings (SSSR count). The number of ether oxygens (including phenoxy) is 1. The Kier molecular flexibility index (Phi) is 5.44. The number of benzene rings is 1. The average Bonchev–Trinajstić information content (AvgIpc) is 2.45. The van der Waals surface area contributed by atoms with Gasteiger partial charge in [0.25, 0.3) is 0 Å². The zero-order valence-electron chi connectivity index (χ0n) is 16.5. The highest BCUT2D eigenvalue weighted by Gasteiger charge is 2.26. The van der Waals surface area contributed by atoms with E-state index >= 15 is 0 Å². The summed E-state index contributed by atoms with van der Waals surface area (Å²) in [6.45, 7) is 15.2. The quantitative estimate of drug-likeness (QED) is 0.844.